The Hall–Kier alpha value is -3.17. The van der Waals surface area contributed by atoms with Crippen molar-refractivity contribution in [2.45, 2.75) is 11.4 Å². The predicted molar refractivity (Wildman–Crippen MR) is 107 cm³/mol. The molecule has 1 aliphatic heterocycles. The summed E-state index contributed by atoms with van der Waals surface area (Å²) < 4.78 is 46.4. The van der Waals surface area contributed by atoms with Crippen molar-refractivity contribution in [2.75, 3.05) is 5.32 Å². The number of nitrogens with zero attached hydrogens (tertiary/aromatic N) is 2. The molecule has 148 valence electrons. The number of nitrogens with one attached hydrogen (secondary N) is 2. The normalized spacial score (nSPS) is 15.9. The van der Waals surface area contributed by atoms with Crippen LogP contribution in [0.5, 0.6) is 11.5 Å². The van der Waals surface area contributed by atoms with Crippen LogP contribution in [0.3, 0.4) is 0 Å². The van der Waals surface area contributed by atoms with Gasteiger partial charge in [-0.3, -0.25) is 4.98 Å². The summed E-state index contributed by atoms with van der Waals surface area (Å²) in [6, 6.07) is 14.2. The number of aliphatic imine (C=N–C) groups is 1. The lowest BCUT2D eigenvalue weighted by molar-refractivity contribution is 0.483. The standard InChI is InChI=1S/C19H14ClFN4O3S/c20-14-4-1-2-5-15(14)28-16-6-3-7-17-18(16)24-19(25-29(17,26)27)23-11-13-9-8-12(21)10-22-13/h1-10H,11H2,(H2,23,24,25). The lowest BCUT2D eigenvalue weighted by Crippen LogP contribution is -2.40. The van der Waals surface area contributed by atoms with Gasteiger partial charge in [-0.2, -0.15) is 0 Å². The van der Waals surface area contributed by atoms with Crippen LogP contribution in [0.15, 0.2) is 70.7 Å². The number of pyridine rings is 1. The van der Waals surface area contributed by atoms with Crippen LogP contribution in [0.4, 0.5) is 10.1 Å². The summed E-state index contributed by atoms with van der Waals surface area (Å²) in [6.45, 7) is 0.0496. The summed E-state index contributed by atoms with van der Waals surface area (Å²) in [5.74, 6) is 0.189. The molecule has 4 rings (SSSR count). The van der Waals surface area contributed by atoms with E-state index in [-0.39, 0.29) is 28.8 Å². The highest BCUT2D eigenvalue weighted by Gasteiger charge is 2.29. The zero-order valence-electron chi connectivity index (χ0n) is 14.8. The highest BCUT2D eigenvalue weighted by molar-refractivity contribution is 7.90. The fourth-order valence-corrected chi connectivity index (χ4v) is 3.98. The molecule has 0 saturated heterocycles. The van der Waals surface area contributed by atoms with Gasteiger partial charge in [0.2, 0.25) is 5.96 Å². The molecular weight excluding hydrogens is 419 g/mol. The lowest BCUT2D eigenvalue weighted by Gasteiger charge is -2.23. The van der Waals surface area contributed by atoms with Gasteiger partial charge in [-0.1, -0.05) is 29.8 Å². The summed E-state index contributed by atoms with van der Waals surface area (Å²) in [5, 5.41) is 3.32. The van der Waals surface area contributed by atoms with Crippen LogP contribution < -0.4 is 14.8 Å². The van der Waals surface area contributed by atoms with Gasteiger partial charge in [0.1, 0.15) is 22.1 Å². The Kier molecular flexibility index (Phi) is 5.08. The molecule has 29 heavy (non-hydrogen) atoms. The number of benzene rings is 2. The first-order valence-corrected chi connectivity index (χ1v) is 10.3. The largest absolute Gasteiger partial charge is 0.454 e. The van der Waals surface area contributed by atoms with E-state index in [4.69, 9.17) is 16.3 Å². The van der Waals surface area contributed by atoms with Crippen molar-refractivity contribution in [3.8, 4) is 11.5 Å². The minimum absolute atomic E-state index is 0.00108. The monoisotopic (exact) mass is 432 g/mol. The summed E-state index contributed by atoms with van der Waals surface area (Å²) in [6.07, 6.45) is 1.07. The van der Waals surface area contributed by atoms with E-state index in [1.165, 1.54) is 18.2 Å². The SMILES string of the molecule is O=S1(=O)NC(=NCc2ccc(F)cn2)Nc2c(Oc3ccccc3Cl)cccc21. The first-order chi connectivity index (χ1) is 13.9. The molecule has 1 aliphatic rings. The number of para-hydroxylation sites is 2. The van der Waals surface area contributed by atoms with Crippen LogP contribution in [0.1, 0.15) is 5.69 Å². The van der Waals surface area contributed by atoms with Gasteiger partial charge >= 0.3 is 0 Å². The highest BCUT2D eigenvalue weighted by Crippen LogP contribution is 2.38. The zero-order valence-corrected chi connectivity index (χ0v) is 16.3. The second-order valence-electron chi connectivity index (χ2n) is 6.02. The summed E-state index contributed by atoms with van der Waals surface area (Å²) >= 11 is 6.14. The molecule has 0 fully saturated rings. The van der Waals surface area contributed by atoms with Crippen molar-refractivity contribution >= 4 is 33.3 Å². The predicted octanol–water partition coefficient (Wildman–Crippen LogP) is 3.93. The molecule has 0 unspecified atom stereocenters. The van der Waals surface area contributed by atoms with Crippen molar-refractivity contribution in [2.24, 2.45) is 4.99 Å². The van der Waals surface area contributed by atoms with Gasteiger partial charge < -0.3 is 10.1 Å². The molecule has 7 nitrogen and oxygen atoms in total. The lowest BCUT2D eigenvalue weighted by atomic mass is 10.2. The van der Waals surface area contributed by atoms with E-state index < -0.39 is 15.8 Å². The molecule has 0 bridgehead atoms. The molecule has 2 N–H and O–H groups in total. The number of anilines is 1. The molecule has 0 amide bonds. The number of aromatic nitrogens is 1. The van der Waals surface area contributed by atoms with Crippen LogP contribution in [0, 0.1) is 5.82 Å². The second kappa shape index (κ2) is 7.69. The number of guanidine groups is 1. The third kappa shape index (κ3) is 4.15. The van der Waals surface area contributed by atoms with E-state index in [9.17, 15) is 12.8 Å². The maximum atomic E-state index is 13.0. The summed E-state index contributed by atoms with van der Waals surface area (Å²) in [4.78, 5) is 8.11. The van der Waals surface area contributed by atoms with Gasteiger partial charge in [0, 0.05) is 0 Å². The maximum absolute atomic E-state index is 13.0. The van der Waals surface area contributed by atoms with E-state index in [0.717, 1.165) is 6.20 Å². The minimum Gasteiger partial charge on any atom is -0.454 e. The molecule has 2 heterocycles. The molecule has 3 aromatic rings. The Bertz CT molecular complexity index is 1200. The zero-order chi connectivity index (χ0) is 20.4. The summed E-state index contributed by atoms with van der Waals surface area (Å²) in [7, 11) is -3.86. The Morgan fingerprint density at radius 3 is 2.62 bits per heavy atom. The first-order valence-electron chi connectivity index (χ1n) is 8.42. The average molecular weight is 433 g/mol. The van der Waals surface area contributed by atoms with E-state index >= 15 is 0 Å². The molecular formula is C19H14ClFN4O3S. The molecule has 2 aromatic carbocycles. The molecule has 1 aromatic heterocycles. The van der Waals surface area contributed by atoms with Crippen LogP contribution >= 0.6 is 11.6 Å². The fourth-order valence-electron chi connectivity index (χ4n) is 2.65. The first kappa shape index (κ1) is 19.2. The highest BCUT2D eigenvalue weighted by atomic mass is 35.5. The van der Waals surface area contributed by atoms with Crippen LogP contribution in [-0.2, 0) is 16.6 Å². The third-order valence-corrected chi connectivity index (χ3v) is 5.69. The second-order valence-corrected chi connectivity index (χ2v) is 8.08. The smallest absolute Gasteiger partial charge is 0.266 e. The Morgan fingerprint density at radius 1 is 1.07 bits per heavy atom. The molecule has 0 radical (unpaired) electrons. The van der Waals surface area contributed by atoms with Crippen molar-refractivity contribution in [3.05, 3.63) is 77.3 Å². The van der Waals surface area contributed by atoms with Crippen LogP contribution in [-0.4, -0.2) is 19.4 Å². The number of hydrogen-bond donors (Lipinski definition) is 2. The average Bonchev–Trinajstić information content (AvgIpc) is 2.69. The van der Waals surface area contributed by atoms with Crippen LogP contribution in [0.2, 0.25) is 5.02 Å². The van der Waals surface area contributed by atoms with Crippen molar-refractivity contribution in [1.82, 2.24) is 9.71 Å². The minimum atomic E-state index is -3.86. The molecule has 0 atom stereocenters. The number of halogens is 2. The van der Waals surface area contributed by atoms with Gasteiger partial charge in [0.25, 0.3) is 10.0 Å². The Morgan fingerprint density at radius 2 is 1.86 bits per heavy atom. The summed E-state index contributed by atoms with van der Waals surface area (Å²) in [5.41, 5.74) is 0.711. The number of ether oxygens (including phenoxy) is 1. The van der Waals surface area contributed by atoms with E-state index in [2.05, 4.69) is 20.0 Å². The Balaban J connectivity index is 1.67. The quantitative estimate of drug-likeness (QED) is 0.651. The molecule has 0 spiro atoms. The number of sulfonamides is 1. The van der Waals surface area contributed by atoms with E-state index in [0.29, 0.717) is 16.5 Å². The van der Waals surface area contributed by atoms with Crippen molar-refractivity contribution < 1.29 is 17.5 Å². The van der Waals surface area contributed by atoms with Gasteiger partial charge in [0.15, 0.2) is 5.75 Å². The fraction of sp³-hybridized carbons (Fsp3) is 0.0526. The van der Waals surface area contributed by atoms with Crippen molar-refractivity contribution in [1.29, 1.82) is 0 Å². The Labute approximate surface area is 171 Å². The van der Waals surface area contributed by atoms with Crippen molar-refractivity contribution in [3.63, 3.8) is 0 Å². The maximum Gasteiger partial charge on any atom is 0.266 e. The van der Waals surface area contributed by atoms with Crippen LogP contribution in [0.25, 0.3) is 0 Å². The molecule has 10 heteroatoms. The van der Waals surface area contributed by atoms with E-state index in [1.54, 1.807) is 36.4 Å². The van der Waals surface area contributed by atoms with E-state index in [1.807, 2.05) is 0 Å². The number of rotatable bonds is 4. The van der Waals surface area contributed by atoms with Gasteiger partial charge in [-0.25, -0.2) is 22.5 Å². The molecule has 0 aliphatic carbocycles. The van der Waals surface area contributed by atoms with Gasteiger partial charge in [0.05, 0.1) is 23.5 Å². The number of hydrogen-bond acceptors (Lipinski definition) is 5. The molecule has 0 saturated carbocycles. The van der Waals surface area contributed by atoms with Gasteiger partial charge in [-0.05, 0) is 36.4 Å². The topological polar surface area (TPSA) is 92.7 Å². The third-order valence-electron chi connectivity index (χ3n) is 4.00. The number of fused-ring (bicyclic) bond motifs is 1. The van der Waals surface area contributed by atoms with Gasteiger partial charge in [-0.15, -0.1) is 0 Å².